The molecule has 0 spiro atoms. The summed E-state index contributed by atoms with van der Waals surface area (Å²) < 4.78 is 2.00. The molecular weight excluding hydrogens is 391 g/mol. The quantitative estimate of drug-likeness (QED) is 0.493. The van der Waals surface area contributed by atoms with Crippen LogP contribution in [0.2, 0.25) is 0 Å². The first-order valence-corrected chi connectivity index (χ1v) is 7.74. The zero-order valence-electron chi connectivity index (χ0n) is 9.51. The molecule has 1 aliphatic rings. The Morgan fingerprint density at radius 2 is 2.06 bits per heavy atom. The fraction of sp³-hybridized carbons (Fsp3) is 0.357. The number of rotatable bonds is 2. The Bertz CT molecular complexity index is 465. The maximum Gasteiger partial charge on any atom is 0.189 e. The van der Waals surface area contributed by atoms with Crippen molar-refractivity contribution in [2.24, 2.45) is 0 Å². The molecule has 0 saturated heterocycles. The molecule has 0 aliphatic heterocycles. The summed E-state index contributed by atoms with van der Waals surface area (Å²) in [5.74, 6) is 0.192. The van der Waals surface area contributed by atoms with Crippen LogP contribution in [-0.2, 0) is 0 Å². The van der Waals surface area contributed by atoms with E-state index in [0.717, 1.165) is 38.4 Å². The molecule has 0 atom stereocenters. The van der Waals surface area contributed by atoms with Gasteiger partial charge in [0.15, 0.2) is 5.78 Å². The molecular formula is C14H14BrIO. The van der Waals surface area contributed by atoms with Crippen molar-refractivity contribution in [1.82, 2.24) is 0 Å². The molecule has 1 aromatic rings. The minimum atomic E-state index is 0.192. The van der Waals surface area contributed by atoms with Crippen LogP contribution in [0.4, 0.5) is 0 Å². The van der Waals surface area contributed by atoms with E-state index in [9.17, 15) is 4.79 Å². The first-order valence-electron chi connectivity index (χ1n) is 5.87. The van der Waals surface area contributed by atoms with Crippen LogP contribution in [0.3, 0.4) is 0 Å². The first-order chi connectivity index (χ1) is 8.18. The van der Waals surface area contributed by atoms with Gasteiger partial charge in [-0.3, -0.25) is 4.79 Å². The van der Waals surface area contributed by atoms with E-state index in [4.69, 9.17) is 0 Å². The smallest absolute Gasteiger partial charge is 0.189 e. The van der Waals surface area contributed by atoms with Gasteiger partial charge in [-0.1, -0.05) is 28.4 Å². The van der Waals surface area contributed by atoms with Crippen LogP contribution in [0, 0.1) is 3.57 Å². The zero-order chi connectivity index (χ0) is 12.3. The number of ketones is 1. The summed E-state index contributed by atoms with van der Waals surface area (Å²) in [4.78, 5) is 12.4. The van der Waals surface area contributed by atoms with E-state index < -0.39 is 0 Å². The second-order valence-electron chi connectivity index (χ2n) is 4.28. The van der Waals surface area contributed by atoms with Gasteiger partial charge >= 0.3 is 0 Å². The molecule has 3 heteroatoms. The average Bonchev–Trinajstić information content (AvgIpc) is 2.60. The third-order valence-electron chi connectivity index (χ3n) is 3.01. The van der Waals surface area contributed by atoms with Crippen molar-refractivity contribution in [3.05, 3.63) is 43.5 Å². The van der Waals surface area contributed by atoms with Gasteiger partial charge < -0.3 is 0 Å². The van der Waals surface area contributed by atoms with Crippen molar-refractivity contribution in [3.63, 3.8) is 0 Å². The number of halogens is 2. The van der Waals surface area contributed by atoms with Gasteiger partial charge in [-0.25, -0.2) is 0 Å². The molecule has 0 amide bonds. The highest BCUT2D eigenvalue weighted by Crippen LogP contribution is 2.26. The Hall–Kier alpha value is -0.160. The van der Waals surface area contributed by atoms with Gasteiger partial charge in [0.25, 0.3) is 0 Å². The Labute approximate surface area is 124 Å². The van der Waals surface area contributed by atoms with Crippen molar-refractivity contribution in [2.45, 2.75) is 32.1 Å². The van der Waals surface area contributed by atoms with Gasteiger partial charge in [-0.05, 0) is 72.0 Å². The maximum absolute atomic E-state index is 12.4. The van der Waals surface area contributed by atoms with Crippen molar-refractivity contribution in [2.75, 3.05) is 0 Å². The molecule has 90 valence electrons. The fourth-order valence-electron chi connectivity index (χ4n) is 2.07. The Balaban J connectivity index is 2.29. The van der Waals surface area contributed by atoms with Gasteiger partial charge in [-0.15, -0.1) is 0 Å². The minimum absolute atomic E-state index is 0.192. The third-order valence-corrected chi connectivity index (χ3v) is 4.37. The van der Waals surface area contributed by atoms with Crippen LogP contribution in [-0.4, -0.2) is 5.78 Å². The Kier molecular flexibility index (Phi) is 4.79. The van der Waals surface area contributed by atoms with Crippen molar-refractivity contribution in [1.29, 1.82) is 0 Å². The number of hydrogen-bond acceptors (Lipinski definition) is 1. The van der Waals surface area contributed by atoms with Crippen molar-refractivity contribution >= 4 is 44.3 Å². The number of benzene rings is 1. The third kappa shape index (κ3) is 3.41. The summed E-state index contributed by atoms with van der Waals surface area (Å²) in [6, 6.07) is 5.91. The zero-order valence-corrected chi connectivity index (χ0v) is 13.3. The number of allylic oxidation sites excluding steroid dienone is 2. The molecule has 1 aromatic carbocycles. The standard InChI is InChI=1S/C14H14BrIO/c15-13-8-7-11(16)9-12(13)14(17)10-5-3-1-2-4-6-10/h5,7-9H,1-4,6H2. The van der Waals surface area contributed by atoms with Crippen LogP contribution in [0.5, 0.6) is 0 Å². The molecule has 0 aromatic heterocycles. The van der Waals surface area contributed by atoms with E-state index >= 15 is 0 Å². The van der Waals surface area contributed by atoms with Gasteiger partial charge in [0.2, 0.25) is 0 Å². The Morgan fingerprint density at radius 1 is 1.24 bits per heavy atom. The normalized spacial score (nSPS) is 16.2. The highest BCUT2D eigenvalue weighted by molar-refractivity contribution is 14.1. The second-order valence-corrected chi connectivity index (χ2v) is 6.38. The second kappa shape index (κ2) is 6.14. The first kappa shape index (κ1) is 13.3. The summed E-state index contributed by atoms with van der Waals surface area (Å²) in [5.41, 5.74) is 1.79. The molecule has 0 radical (unpaired) electrons. The fourth-order valence-corrected chi connectivity index (χ4v) is 2.98. The molecule has 0 N–H and O–H groups in total. The lowest BCUT2D eigenvalue weighted by Gasteiger charge is -2.07. The molecule has 0 bridgehead atoms. The number of carbonyl (C=O) groups excluding carboxylic acids is 1. The largest absolute Gasteiger partial charge is 0.289 e. The van der Waals surface area contributed by atoms with Crippen LogP contribution < -0.4 is 0 Å². The minimum Gasteiger partial charge on any atom is -0.289 e. The number of hydrogen-bond donors (Lipinski definition) is 0. The van der Waals surface area contributed by atoms with Crippen molar-refractivity contribution < 1.29 is 4.79 Å². The highest BCUT2D eigenvalue weighted by atomic mass is 127. The summed E-state index contributed by atoms with van der Waals surface area (Å²) in [6.07, 6.45) is 7.69. The summed E-state index contributed by atoms with van der Waals surface area (Å²) in [5, 5.41) is 0. The van der Waals surface area contributed by atoms with Gasteiger partial charge in [0.05, 0.1) is 0 Å². The SMILES string of the molecule is O=C(C1=CCCCCC1)c1cc(I)ccc1Br. The van der Waals surface area contributed by atoms with Gasteiger partial charge in [0.1, 0.15) is 0 Å². The number of Topliss-reactive ketones (excluding diaryl/α,β-unsaturated/α-hetero) is 1. The molecule has 0 unspecified atom stereocenters. The van der Waals surface area contributed by atoms with Crippen LogP contribution in [0.1, 0.15) is 42.5 Å². The average molecular weight is 405 g/mol. The molecule has 0 saturated carbocycles. The summed E-state index contributed by atoms with van der Waals surface area (Å²) >= 11 is 5.71. The van der Waals surface area contributed by atoms with Gasteiger partial charge in [0, 0.05) is 13.6 Å². The topological polar surface area (TPSA) is 17.1 Å². The van der Waals surface area contributed by atoms with Crippen molar-refractivity contribution in [3.8, 4) is 0 Å². The number of carbonyl (C=O) groups is 1. The lowest BCUT2D eigenvalue weighted by atomic mass is 10.00. The summed E-state index contributed by atoms with van der Waals surface area (Å²) in [7, 11) is 0. The predicted octanol–water partition coefficient (Wildman–Crippen LogP) is 5.13. The van der Waals surface area contributed by atoms with Crippen LogP contribution in [0.25, 0.3) is 0 Å². The Morgan fingerprint density at radius 3 is 2.88 bits per heavy atom. The van der Waals surface area contributed by atoms with E-state index in [1.54, 1.807) is 0 Å². The molecule has 2 rings (SSSR count). The van der Waals surface area contributed by atoms with E-state index in [1.807, 2.05) is 18.2 Å². The van der Waals surface area contributed by atoms with Gasteiger partial charge in [-0.2, -0.15) is 0 Å². The monoisotopic (exact) mass is 404 g/mol. The van der Waals surface area contributed by atoms with E-state index in [2.05, 4.69) is 44.6 Å². The van der Waals surface area contributed by atoms with E-state index in [-0.39, 0.29) is 5.78 Å². The lowest BCUT2D eigenvalue weighted by Crippen LogP contribution is -2.04. The molecule has 0 fully saturated rings. The molecule has 1 aliphatic carbocycles. The molecule has 1 nitrogen and oxygen atoms in total. The predicted molar refractivity (Wildman–Crippen MR) is 82.4 cm³/mol. The highest BCUT2D eigenvalue weighted by Gasteiger charge is 2.16. The van der Waals surface area contributed by atoms with E-state index in [1.165, 1.54) is 12.8 Å². The summed E-state index contributed by atoms with van der Waals surface area (Å²) in [6.45, 7) is 0. The maximum atomic E-state index is 12.4. The van der Waals surface area contributed by atoms with Crippen LogP contribution in [0.15, 0.2) is 34.3 Å². The lowest BCUT2D eigenvalue weighted by molar-refractivity contribution is 0.102. The molecule has 0 heterocycles. The van der Waals surface area contributed by atoms with Crippen LogP contribution >= 0.6 is 38.5 Å². The van der Waals surface area contributed by atoms with E-state index in [0.29, 0.717) is 0 Å². The molecule has 17 heavy (non-hydrogen) atoms.